The number of thiophene rings is 1. The van der Waals surface area contributed by atoms with E-state index in [2.05, 4.69) is 16.5 Å². The Balaban J connectivity index is 2.24. The Bertz CT molecular complexity index is 462. The van der Waals surface area contributed by atoms with Crippen LogP contribution in [-0.4, -0.2) is 22.9 Å². The van der Waals surface area contributed by atoms with E-state index in [1.165, 1.54) is 5.39 Å². The van der Waals surface area contributed by atoms with Crippen LogP contribution in [0, 0.1) is 0 Å². The second-order valence-electron chi connectivity index (χ2n) is 3.34. The van der Waals surface area contributed by atoms with Crippen LogP contribution in [-0.2, 0) is 11.3 Å². The summed E-state index contributed by atoms with van der Waals surface area (Å²) in [6.07, 6.45) is 0.0170. The zero-order chi connectivity index (χ0) is 9.54. The first kappa shape index (κ1) is 8.40. The summed E-state index contributed by atoms with van der Waals surface area (Å²) in [5.74, 6) is 0. The molecule has 2 N–H and O–H groups in total. The Morgan fingerprint density at radius 1 is 1.71 bits per heavy atom. The van der Waals surface area contributed by atoms with Gasteiger partial charge in [-0.2, -0.15) is 5.10 Å². The average Bonchev–Trinajstić information content (AvgIpc) is 2.75. The van der Waals surface area contributed by atoms with Gasteiger partial charge in [0.05, 0.1) is 18.8 Å². The van der Waals surface area contributed by atoms with Crippen molar-refractivity contribution in [2.24, 2.45) is 5.73 Å². The highest BCUT2D eigenvalue weighted by Crippen LogP contribution is 2.31. The zero-order valence-electron chi connectivity index (χ0n) is 7.64. The fourth-order valence-corrected chi connectivity index (χ4v) is 2.70. The Morgan fingerprint density at radius 3 is 3.50 bits per heavy atom. The van der Waals surface area contributed by atoms with Crippen LogP contribution in [0.3, 0.4) is 0 Å². The van der Waals surface area contributed by atoms with Crippen LogP contribution in [0.1, 0.15) is 11.8 Å². The summed E-state index contributed by atoms with van der Waals surface area (Å²) in [6, 6.07) is 2.09. The van der Waals surface area contributed by atoms with Crippen molar-refractivity contribution < 1.29 is 4.74 Å². The molecule has 4 nitrogen and oxygen atoms in total. The first-order chi connectivity index (χ1) is 6.90. The van der Waals surface area contributed by atoms with Crippen molar-refractivity contribution in [2.75, 3.05) is 13.2 Å². The van der Waals surface area contributed by atoms with E-state index in [9.17, 15) is 0 Å². The predicted molar refractivity (Wildman–Crippen MR) is 55.4 cm³/mol. The van der Waals surface area contributed by atoms with Gasteiger partial charge >= 0.3 is 0 Å². The number of ether oxygens (including phenoxy) is 1. The number of hydrogen-bond donors (Lipinski definition) is 1. The molecule has 3 rings (SSSR count). The van der Waals surface area contributed by atoms with Crippen molar-refractivity contribution in [1.29, 1.82) is 0 Å². The molecule has 0 bridgehead atoms. The monoisotopic (exact) mass is 209 g/mol. The number of rotatable bonds is 1. The Kier molecular flexibility index (Phi) is 1.83. The van der Waals surface area contributed by atoms with Crippen LogP contribution in [0.2, 0.25) is 0 Å². The highest BCUT2D eigenvalue weighted by atomic mass is 32.1. The van der Waals surface area contributed by atoms with E-state index < -0.39 is 0 Å². The summed E-state index contributed by atoms with van der Waals surface area (Å²) >= 11 is 1.67. The standard InChI is InChI=1S/C9H11N3OS/c10-5-7-8-6-1-4-14-9(6)11-12(8)2-3-13-7/h1,4,7H,2-3,5,10H2/t7-/m0/s1. The molecule has 2 aromatic heterocycles. The Labute approximate surface area is 85.3 Å². The van der Waals surface area contributed by atoms with Gasteiger partial charge in [-0.05, 0) is 11.4 Å². The number of hydrogen-bond acceptors (Lipinski definition) is 4. The van der Waals surface area contributed by atoms with Crippen LogP contribution in [0.25, 0.3) is 10.2 Å². The molecule has 0 spiro atoms. The van der Waals surface area contributed by atoms with E-state index in [4.69, 9.17) is 10.5 Å². The molecule has 0 saturated carbocycles. The third-order valence-corrected chi connectivity index (χ3v) is 3.35. The molecule has 0 saturated heterocycles. The van der Waals surface area contributed by atoms with Crippen LogP contribution < -0.4 is 5.73 Å². The van der Waals surface area contributed by atoms with Crippen molar-refractivity contribution in [3.63, 3.8) is 0 Å². The quantitative estimate of drug-likeness (QED) is 0.766. The minimum atomic E-state index is 0.0170. The van der Waals surface area contributed by atoms with Gasteiger partial charge in [0.2, 0.25) is 0 Å². The maximum Gasteiger partial charge on any atom is 0.145 e. The largest absolute Gasteiger partial charge is 0.369 e. The topological polar surface area (TPSA) is 53.1 Å². The van der Waals surface area contributed by atoms with Crippen LogP contribution in [0.4, 0.5) is 0 Å². The molecule has 0 fully saturated rings. The molecular formula is C9H11N3OS. The van der Waals surface area contributed by atoms with Gasteiger partial charge in [0, 0.05) is 11.9 Å². The predicted octanol–water partition coefficient (Wildman–Crippen LogP) is 1.13. The van der Waals surface area contributed by atoms with E-state index in [1.54, 1.807) is 11.3 Å². The van der Waals surface area contributed by atoms with Gasteiger partial charge in [0.1, 0.15) is 10.9 Å². The van der Waals surface area contributed by atoms with Crippen LogP contribution >= 0.6 is 11.3 Å². The lowest BCUT2D eigenvalue weighted by atomic mass is 10.2. The van der Waals surface area contributed by atoms with Gasteiger partial charge < -0.3 is 10.5 Å². The van der Waals surface area contributed by atoms with Crippen molar-refractivity contribution >= 4 is 21.6 Å². The molecule has 0 radical (unpaired) electrons. The molecular weight excluding hydrogens is 198 g/mol. The maximum absolute atomic E-state index is 5.67. The summed E-state index contributed by atoms with van der Waals surface area (Å²) in [6.45, 7) is 2.08. The lowest BCUT2D eigenvalue weighted by Crippen LogP contribution is -2.27. The van der Waals surface area contributed by atoms with Crippen molar-refractivity contribution in [2.45, 2.75) is 12.6 Å². The lowest BCUT2D eigenvalue weighted by molar-refractivity contribution is 0.0236. The fourth-order valence-electron chi connectivity index (χ4n) is 1.93. The van der Waals surface area contributed by atoms with Crippen LogP contribution in [0.5, 0.6) is 0 Å². The summed E-state index contributed by atoms with van der Waals surface area (Å²) in [7, 11) is 0. The van der Waals surface area contributed by atoms with Gasteiger partial charge in [0.25, 0.3) is 0 Å². The van der Waals surface area contributed by atoms with E-state index in [1.807, 2.05) is 4.68 Å². The first-order valence-electron chi connectivity index (χ1n) is 4.65. The van der Waals surface area contributed by atoms with Gasteiger partial charge in [-0.25, -0.2) is 0 Å². The third kappa shape index (κ3) is 1.03. The van der Waals surface area contributed by atoms with E-state index in [-0.39, 0.29) is 6.10 Å². The average molecular weight is 209 g/mol. The second kappa shape index (κ2) is 3.05. The van der Waals surface area contributed by atoms with Gasteiger partial charge in [0.15, 0.2) is 0 Å². The van der Waals surface area contributed by atoms with E-state index >= 15 is 0 Å². The molecule has 1 aliphatic heterocycles. The molecule has 3 heterocycles. The smallest absolute Gasteiger partial charge is 0.145 e. The maximum atomic E-state index is 5.67. The van der Waals surface area contributed by atoms with E-state index in [0.29, 0.717) is 13.2 Å². The number of nitrogens with zero attached hydrogens (tertiary/aromatic N) is 2. The first-order valence-corrected chi connectivity index (χ1v) is 5.53. The Morgan fingerprint density at radius 2 is 2.64 bits per heavy atom. The third-order valence-electron chi connectivity index (χ3n) is 2.55. The second-order valence-corrected chi connectivity index (χ2v) is 4.24. The minimum Gasteiger partial charge on any atom is -0.369 e. The fraction of sp³-hybridized carbons (Fsp3) is 0.444. The summed E-state index contributed by atoms with van der Waals surface area (Å²) in [5, 5.41) is 7.77. The van der Waals surface area contributed by atoms with E-state index in [0.717, 1.165) is 17.1 Å². The highest BCUT2D eigenvalue weighted by molar-refractivity contribution is 7.16. The lowest BCUT2D eigenvalue weighted by Gasteiger charge is -2.23. The molecule has 0 aromatic carbocycles. The van der Waals surface area contributed by atoms with Crippen molar-refractivity contribution in [1.82, 2.24) is 9.78 Å². The summed E-state index contributed by atoms with van der Waals surface area (Å²) in [5.41, 5.74) is 6.82. The highest BCUT2D eigenvalue weighted by Gasteiger charge is 2.24. The molecule has 0 aliphatic carbocycles. The number of fused-ring (bicyclic) bond motifs is 3. The molecule has 1 atom stereocenters. The van der Waals surface area contributed by atoms with Crippen molar-refractivity contribution in [3.8, 4) is 0 Å². The summed E-state index contributed by atoms with van der Waals surface area (Å²) in [4.78, 5) is 1.09. The van der Waals surface area contributed by atoms with Crippen molar-refractivity contribution in [3.05, 3.63) is 17.1 Å². The van der Waals surface area contributed by atoms with Gasteiger partial charge in [-0.15, -0.1) is 11.3 Å². The minimum absolute atomic E-state index is 0.0170. The van der Waals surface area contributed by atoms with Crippen LogP contribution in [0.15, 0.2) is 11.4 Å². The number of aromatic nitrogens is 2. The SMILES string of the molecule is NC[C@@H]1OCCn2nc3sccc3c21. The molecule has 5 heteroatoms. The molecule has 74 valence electrons. The molecule has 0 unspecified atom stereocenters. The van der Waals surface area contributed by atoms with Gasteiger partial charge in [-0.1, -0.05) is 0 Å². The zero-order valence-corrected chi connectivity index (χ0v) is 8.46. The summed E-state index contributed by atoms with van der Waals surface area (Å²) < 4.78 is 7.64. The molecule has 2 aromatic rings. The Hall–Kier alpha value is -0.910. The number of nitrogens with two attached hydrogens (primary N) is 1. The van der Waals surface area contributed by atoms with Gasteiger partial charge in [-0.3, -0.25) is 4.68 Å². The molecule has 1 aliphatic rings. The molecule has 14 heavy (non-hydrogen) atoms. The molecule has 0 amide bonds. The normalized spacial score (nSPS) is 21.4.